The number of hydrogen-bond acceptors (Lipinski definition) is 2. The van der Waals surface area contributed by atoms with E-state index in [1.54, 1.807) is 0 Å². The average molecular weight is 283 g/mol. The molecule has 1 amide bonds. The van der Waals surface area contributed by atoms with Gasteiger partial charge in [0.05, 0.1) is 12.6 Å². The van der Waals surface area contributed by atoms with Gasteiger partial charge < -0.3 is 10.4 Å². The Morgan fingerprint density at radius 3 is 2.14 bits per heavy atom. The third kappa shape index (κ3) is 3.92. The third-order valence-electron chi connectivity index (χ3n) is 3.53. The molecule has 2 rings (SSSR count). The molecule has 0 spiro atoms. The fraction of sp³-hybridized carbons (Fsp3) is 0.278. The summed E-state index contributed by atoms with van der Waals surface area (Å²) in [5.74, 6) is 0.268. The van der Waals surface area contributed by atoms with Gasteiger partial charge in [-0.15, -0.1) is 0 Å². The summed E-state index contributed by atoms with van der Waals surface area (Å²) in [6.45, 7) is 4.11. The topological polar surface area (TPSA) is 49.3 Å². The molecule has 3 heteroatoms. The molecule has 2 aromatic carbocycles. The molecule has 0 fully saturated rings. The first-order chi connectivity index (χ1) is 10.1. The Morgan fingerprint density at radius 1 is 1.00 bits per heavy atom. The average Bonchev–Trinajstić information content (AvgIpc) is 2.53. The van der Waals surface area contributed by atoms with Gasteiger partial charge in [0, 0.05) is 5.56 Å². The van der Waals surface area contributed by atoms with Crippen molar-refractivity contribution in [3.8, 4) is 0 Å². The van der Waals surface area contributed by atoms with Crippen molar-refractivity contribution in [1.29, 1.82) is 0 Å². The Bertz CT molecular complexity index is 576. The van der Waals surface area contributed by atoms with Crippen LogP contribution in [0.15, 0.2) is 54.6 Å². The standard InChI is InChI=1S/C18H21NO2/c1-13(2)14-8-10-16(11-9-14)18(21)19-17(12-20)15-6-4-3-5-7-15/h3-11,13,17,20H,12H2,1-2H3,(H,19,21)/t17-/m1/s1. The zero-order valence-electron chi connectivity index (χ0n) is 12.4. The molecule has 2 N–H and O–H groups in total. The zero-order valence-corrected chi connectivity index (χ0v) is 12.4. The van der Waals surface area contributed by atoms with Crippen LogP contribution >= 0.6 is 0 Å². The molecule has 0 aromatic heterocycles. The number of carbonyl (C=O) groups is 1. The number of nitrogens with one attached hydrogen (secondary N) is 1. The summed E-state index contributed by atoms with van der Waals surface area (Å²) in [5.41, 5.74) is 2.70. The maximum absolute atomic E-state index is 12.2. The molecule has 1 atom stereocenters. The highest BCUT2D eigenvalue weighted by molar-refractivity contribution is 5.94. The lowest BCUT2D eigenvalue weighted by Crippen LogP contribution is -2.30. The number of hydrogen-bond donors (Lipinski definition) is 2. The summed E-state index contributed by atoms with van der Waals surface area (Å²) in [5, 5.41) is 12.3. The van der Waals surface area contributed by atoms with Crippen LogP contribution in [0.5, 0.6) is 0 Å². The van der Waals surface area contributed by atoms with Crippen LogP contribution in [0.1, 0.15) is 47.3 Å². The van der Waals surface area contributed by atoms with Crippen LogP contribution in [0.25, 0.3) is 0 Å². The SMILES string of the molecule is CC(C)c1ccc(C(=O)N[C@H](CO)c2ccccc2)cc1. The van der Waals surface area contributed by atoms with E-state index >= 15 is 0 Å². The van der Waals surface area contributed by atoms with Gasteiger partial charge in [-0.3, -0.25) is 4.79 Å². The van der Waals surface area contributed by atoms with Gasteiger partial charge in [-0.05, 0) is 29.2 Å². The van der Waals surface area contributed by atoms with Crippen LogP contribution in [0.4, 0.5) is 0 Å². The molecule has 2 aromatic rings. The van der Waals surface area contributed by atoms with Crippen molar-refractivity contribution in [3.63, 3.8) is 0 Å². The molecular formula is C18H21NO2. The first kappa shape index (κ1) is 15.3. The Kier molecular flexibility index (Phi) is 5.12. The van der Waals surface area contributed by atoms with Gasteiger partial charge in [0.2, 0.25) is 0 Å². The molecule has 0 bridgehead atoms. The van der Waals surface area contributed by atoms with Gasteiger partial charge in [0.1, 0.15) is 0 Å². The van der Waals surface area contributed by atoms with Gasteiger partial charge >= 0.3 is 0 Å². The molecule has 0 unspecified atom stereocenters. The molecule has 0 saturated carbocycles. The lowest BCUT2D eigenvalue weighted by molar-refractivity contribution is 0.0916. The molecule has 0 aliphatic rings. The van der Waals surface area contributed by atoms with Crippen LogP contribution in [0, 0.1) is 0 Å². The van der Waals surface area contributed by atoms with E-state index < -0.39 is 0 Å². The highest BCUT2D eigenvalue weighted by atomic mass is 16.3. The molecule has 21 heavy (non-hydrogen) atoms. The van der Waals surface area contributed by atoms with E-state index in [1.165, 1.54) is 5.56 Å². The maximum atomic E-state index is 12.2. The monoisotopic (exact) mass is 283 g/mol. The largest absolute Gasteiger partial charge is 0.394 e. The van der Waals surface area contributed by atoms with Crippen molar-refractivity contribution in [3.05, 3.63) is 71.3 Å². The molecule has 0 aliphatic carbocycles. The first-order valence-electron chi connectivity index (χ1n) is 7.18. The molecule has 0 saturated heterocycles. The van der Waals surface area contributed by atoms with Crippen LogP contribution in [0.3, 0.4) is 0 Å². The van der Waals surface area contributed by atoms with E-state index in [2.05, 4.69) is 19.2 Å². The second-order valence-corrected chi connectivity index (χ2v) is 5.40. The highest BCUT2D eigenvalue weighted by Gasteiger charge is 2.14. The van der Waals surface area contributed by atoms with Gasteiger partial charge in [0.15, 0.2) is 0 Å². The number of aliphatic hydroxyl groups excluding tert-OH is 1. The Morgan fingerprint density at radius 2 is 1.62 bits per heavy atom. The van der Waals surface area contributed by atoms with Crippen molar-refractivity contribution in [2.75, 3.05) is 6.61 Å². The molecule has 3 nitrogen and oxygen atoms in total. The smallest absolute Gasteiger partial charge is 0.251 e. The zero-order chi connectivity index (χ0) is 15.2. The fourth-order valence-corrected chi connectivity index (χ4v) is 2.18. The quantitative estimate of drug-likeness (QED) is 0.884. The highest BCUT2D eigenvalue weighted by Crippen LogP contribution is 2.16. The minimum Gasteiger partial charge on any atom is -0.394 e. The predicted molar refractivity (Wildman–Crippen MR) is 84.3 cm³/mol. The van der Waals surface area contributed by atoms with Crippen molar-refractivity contribution in [2.45, 2.75) is 25.8 Å². The van der Waals surface area contributed by atoms with Crippen molar-refractivity contribution >= 4 is 5.91 Å². The summed E-state index contributed by atoms with van der Waals surface area (Å²) in [7, 11) is 0. The minimum atomic E-state index is -0.386. The first-order valence-corrected chi connectivity index (χ1v) is 7.18. The summed E-state index contributed by atoms with van der Waals surface area (Å²) < 4.78 is 0. The Hall–Kier alpha value is -2.13. The second-order valence-electron chi connectivity index (χ2n) is 5.40. The number of carbonyl (C=O) groups excluding carboxylic acids is 1. The molecule has 0 radical (unpaired) electrons. The number of benzene rings is 2. The summed E-state index contributed by atoms with van der Waals surface area (Å²) in [6.07, 6.45) is 0. The van der Waals surface area contributed by atoms with Crippen LogP contribution in [0.2, 0.25) is 0 Å². The normalized spacial score (nSPS) is 12.2. The number of rotatable bonds is 5. The summed E-state index contributed by atoms with van der Waals surface area (Å²) >= 11 is 0. The molecular weight excluding hydrogens is 262 g/mol. The number of aliphatic hydroxyl groups is 1. The van der Waals surface area contributed by atoms with Gasteiger partial charge in [-0.1, -0.05) is 56.3 Å². The van der Waals surface area contributed by atoms with Crippen molar-refractivity contribution < 1.29 is 9.90 Å². The number of amides is 1. The third-order valence-corrected chi connectivity index (χ3v) is 3.53. The van der Waals surface area contributed by atoms with E-state index in [1.807, 2.05) is 54.6 Å². The van der Waals surface area contributed by atoms with E-state index in [0.29, 0.717) is 11.5 Å². The Labute approximate surface area is 125 Å². The lowest BCUT2D eigenvalue weighted by atomic mass is 10.0. The maximum Gasteiger partial charge on any atom is 0.251 e. The van der Waals surface area contributed by atoms with E-state index in [9.17, 15) is 9.90 Å². The van der Waals surface area contributed by atoms with Gasteiger partial charge in [0.25, 0.3) is 5.91 Å². The Balaban J connectivity index is 2.09. The summed E-state index contributed by atoms with van der Waals surface area (Å²) in [6, 6.07) is 16.7. The van der Waals surface area contributed by atoms with Crippen LogP contribution in [-0.4, -0.2) is 17.6 Å². The fourth-order valence-electron chi connectivity index (χ4n) is 2.18. The van der Waals surface area contributed by atoms with Crippen molar-refractivity contribution in [1.82, 2.24) is 5.32 Å². The predicted octanol–water partition coefficient (Wildman–Crippen LogP) is 3.27. The van der Waals surface area contributed by atoms with E-state index in [-0.39, 0.29) is 18.6 Å². The summed E-state index contributed by atoms with van der Waals surface area (Å²) in [4.78, 5) is 12.2. The molecule has 0 aliphatic heterocycles. The van der Waals surface area contributed by atoms with Crippen LogP contribution < -0.4 is 5.32 Å². The lowest BCUT2D eigenvalue weighted by Gasteiger charge is -2.17. The van der Waals surface area contributed by atoms with Crippen LogP contribution in [-0.2, 0) is 0 Å². The second kappa shape index (κ2) is 7.04. The van der Waals surface area contributed by atoms with Gasteiger partial charge in [-0.25, -0.2) is 0 Å². The van der Waals surface area contributed by atoms with Crippen molar-refractivity contribution in [2.24, 2.45) is 0 Å². The molecule has 0 heterocycles. The van der Waals surface area contributed by atoms with Gasteiger partial charge in [-0.2, -0.15) is 0 Å². The minimum absolute atomic E-state index is 0.125. The van der Waals surface area contributed by atoms with E-state index in [0.717, 1.165) is 5.56 Å². The van der Waals surface area contributed by atoms with E-state index in [4.69, 9.17) is 0 Å². The molecule has 110 valence electrons.